The molecule has 0 unspecified atom stereocenters. The number of hydrogen-bond donors (Lipinski definition) is 1. The van der Waals surface area contributed by atoms with Crippen molar-refractivity contribution in [2.45, 2.75) is 38.5 Å². The molecule has 7 nitrogen and oxygen atoms in total. The number of benzene rings is 1. The Morgan fingerprint density at radius 1 is 1.00 bits per heavy atom. The molecule has 1 atom stereocenters. The molecule has 0 amide bonds. The van der Waals surface area contributed by atoms with Crippen LogP contribution in [0.1, 0.15) is 41.5 Å². The third kappa shape index (κ3) is 4.66. The molecule has 0 spiro atoms. The second kappa shape index (κ2) is 8.49. The molecule has 3 aromatic rings. The average Bonchev–Trinajstić information content (AvgIpc) is 3.19. The average molecular weight is 424 g/mol. The Hall–Kier alpha value is -2.84. The fraction of sp³-hybridized carbons (Fsp3) is 0.318. The highest BCUT2D eigenvalue weighted by Crippen LogP contribution is 2.35. The molecule has 1 aliphatic rings. The van der Waals surface area contributed by atoms with Crippen LogP contribution in [0.15, 0.2) is 54.6 Å². The van der Waals surface area contributed by atoms with E-state index in [1.54, 1.807) is 4.31 Å². The maximum atomic E-state index is 13.1. The summed E-state index contributed by atoms with van der Waals surface area (Å²) in [6.07, 6.45) is 1.57. The van der Waals surface area contributed by atoms with Crippen molar-refractivity contribution in [3.05, 3.63) is 77.2 Å². The van der Waals surface area contributed by atoms with Gasteiger partial charge in [-0.05, 0) is 50.5 Å². The molecule has 0 aliphatic carbocycles. The molecule has 0 radical (unpaired) electrons. The molecule has 4 rings (SSSR count). The summed E-state index contributed by atoms with van der Waals surface area (Å²) < 4.78 is 27.8. The summed E-state index contributed by atoms with van der Waals surface area (Å²) in [5, 5.41) is 3.14. The first-order chi connectivity index (χ1) is 14.4. The van der Waals surface area contributed by atoms with Gasteiger partial charge < -0.3 is 5.32 Å². The second-order valence-corrected chi connectivity index (χ2v) is 9.48. The van der Waals surface area contributed by atoms with E-state index in [0.29, 0.717) is 18.3 Å². The van der Waals surface area contributed by atoms with Gasteiger partial charge >= 0.3 is 0 Å². The number of pyridine rings is 1. The third-order valence-electron chi connectivity index (χ3n) is 5.09. The van der Waals surface area contributed by atoms with Crippen LogP contribution in [0.2, 0.25) is 0 Å². The van der Waals surface area contributed by atoms with E-state index < -0.39 is 10.0 Å². The lowest BCUT2D eigenvalue weighted by Gasteiger charge is -2.24. The van der Waals surface area contributed by atoms with Crippen LogP contribution in [-0.2, 0) is 15.8 Å². The van der Waals surface area contributed by atoms with E-state index in [9.17, 15) is 8.42 Å². The van der Waals surface area contributed by atoms with E-state index >= 15 is 0 Å². The number of sulfonamides is 1. The zero-order chi connectivity index (χ0) is 21.1. The summed E-state index contributed by atoms with van der Waals surface area (Å²) in [5.74, 6) is 1.08. The Balaban J connectivity index is 1.56. The lowest BCUT2D eigenvalue weighted by atomic mass is 10.1. The van der Waals surface area contributed by atoms with Gasteiger partial charge in [0.15, 0.2) is 0 Å². The minimum atomic E-state index is -3.45. The van der Waals surface area contributed by atoms with Crippen molar-refractivity contribution in [2.75, 3.05) is 11.9 Å². The molecule has 0 saturated carbocycles. The van der Waals surface area contributed by atoms with Crippen molar-refractivity contribution in [2.24, 2.45) is 0 Å². The van der Waals surface area contributed by atoms with Crippen molar-refractivity contribution in [3.8, 4) is 0 Å². The van der Waals surface area contributed by atoms with Crippen LogP contribution in [-0.4, -0.2) is 34.2 Å². The number of nitrogens with zero attached hydrogens (tertiary/aromatic N) is 4. The zero-order valence-electron chi connectivity index (χ0n) is 17.1. The summed E-state index contributed by atoms with van der Waals surface area (Å²) in [6.45, 7) is 4.34. The minimum absolute atomic E-state index is 0.00130. The number of aryl methyl sites for hydroxylation is 2. The van der Waals surface area contributed by atoms with Crippen LogP contribution in [0.4, 0.5) is 11.8 Å². The predicted octanol–water partition coefficient (Wildman–Crippen LogP) is 3.90. The maximum absolute atomic E-state index is 13.1. The maximum Gasteiger partial charge on any atom is 0.228 e. The van der Waals surface area contributed by atoms with Gasteiger partial charge in [-0.3, -0.25) is 0 Å². The van der Waals surface area contributed by atoms with Crippen molar-refractivity contribution in [1.29, 1.82) is 0 Å². The molecule has 8 heteroatoms. The van der Waals surface area contributed by atoms with Crippen molar-refractivity contribution in [1.82, 2.24) is 19.3 Å². The second-order valence-electron chi connectivity index (χ2n) is 7.56. The van der Waals surface area contributed by atoms with Crippen LogP contribution in [0.5, 0.6) is 0 Å². The zero-order valence-corrected chi connectivity index (χ0v) is 17.9. The largest absolute Gasteiger partial charge is 0.309 e. The van der Waals surface area contributed by atoms with E-state index in [-0.39, 0.29) is 11.8 Å². The smallest absolute Gasteiger partial charge is 0.228 e. The Kier molecular flexibility index (Phi) is 5.78. The molecule has 1 saturated heterocycles. The number of aromatic nitrogens is 3. The van der Waals surface area contributed by atoms with Gasteiger partial charge in [0, 0.05) is 17.9 Å². The lowest BCUT2D eigenvalue weighted by Crippen LogP contribution is -2.32. The van der Waals surface area contributed by atoms with Gasteiger partial charge in [-0.15, -0.1) is 0 Å². The van der Waals surface area contributed by atoms with Crippen LogP contribution >= 0.6 is 0 Å². The summed E-state index contributed by atoms with van der Waals surface area (Å²) >= 11 is 0. The summed E-state index contributed by atoms with van der Waals surface area (Å²) in [5.41, 5.74) is 3.27. The molecular formula is C22H25N5O2S. The van der Waals surface area contributed by atoms with Crippen LogP contribution in [0.3, 0.4) is 0 Å². The summed E-state index contributed by atoms with van der Waals surface area (Å²) in [6, 6.07) is 16.5. The van der Waals surface area contributed by atoms with Gasteiger partial charge in [-0.1, -0.05) is 36.4 Å². The highest BCUT2D eigenvalue weighted by atomic mass is 32.2. The Morgan fingerprint density at radius 3 is 2.47 bits per heavy atom. The van der Waals surface area contributed by atoms with Gasteiger partial charge in [0.1, 0.15) is 5.82 Å². The molecule has 1 N–H and O–H groups in total. The first kappa shape index (κ1) is 20.4. The Bertz CT molecular complexity index is 1120. The van der Waals surface area contributed by atoms with Crippen molar-refractivity contribution in [3.63, 3.8) is 0 Å². The number of nitrogens with one attached hydrogen (secondary N) is 1. The third-order valence-corrected chi connectivity index (χ3v) is 6.94. The molecule has 30 heavy (non-hydrogen) atoms. The number of hydrogen-bond acceptors (Lipinski definition) is 6. The molecule has 1 fully saturated rings. The number of rotatable bonds is 6. The molecule has 156 valence electrons. The van der Waals surface area contributed by atoms with Gasteiger partial charge in [-0.2, -0.15) is 4.31 Å². The van der Waals surface area contributed by atoms with Gasteiger partial charge in [0.2, 0.25) is 16.0 Å². The van der Waals surface area contributed by atoms with Crippen LogP contribution in [0, 0.1) is 13.8 Å². The summed E-state index contributed by atoms with van der Waals surface area (Å²) in [4.78, 5) is 13.5. The first-order valence-corrected chi connectivity index (χ1v) is 11.6. The predicted molar refractivity (Wildman–Crippen MR) is 117 cm³/mol. The lowest BCUT2D eigenvalue weighted by molar-refractivity contribution is 0.390. The molecule has 1 aromatic carbocycles. The van der Waals surface area contributed by atoms with E-state index in [4.69, 9.17) is 0 Å². The molecular weight excluding hydrogens is 398 g/mol. The van der Waals surface area contributed by atoms with Gasteiger partial charge in [-0.25, -0.2) is 23.4 Å². The topological polar surface area (TPSA) is 88.1 Å². The fourth-order valence-corrected chi connectivity index (χ4v) is 5.63. The molecule has 0 bridgehead atoms. The Morgan fingerprint density at radius 2 is 1.73 bits per heavy atom. The van der Waals surface area contributed by atoms with E-state index in [1.165, 1.54) is 0 Å². The molecule has 3 heterocycles. The first-order valence-electron chi connectivity index (χ1n) is 10.0. The minimum Gasteiger partial charge on any atom is -0.309 e. The fourth-order valence-electron chi connectivity index (χ4n) is 3.84. The Labute approximate surface area is 177 Å². The highest BCUT2D eigenvalue weighted by Gasteiger charge is 2.36. The molecule has 2 aromatic heterocycles. The van der Waals surface area contributed by atoms with Crippen LogP contribution in [0.25, 0.3) is 0 Å². The van der Waals surface area contributed by atoms with E-state index in [2.05, 4.69) is 20.3 Å². The normalized spacial score (nSPS) is 17.2. The quantitative estimate of drug-likeness (QED) is 0.647. The van der Waals surface area contributed by atoms with E-state index in [0.717, 1.165) is 35.5 Å². The van der Waals surface area contributed by atoms with E-state index in [1.807, 2.05) is 68.4 Å². The van der Waals surface area contributed by atoms with Crippen molar-refractivity contribution >= 4 is 21.8 Å². The van der Waals surface area contributed by atoms with Crippen LogP contribution < -0.4 is 5.32 Å². The van der Waals surface area contributed by atoms with Crippen molar-refractivity contribution < 1.29 is 8.42 Å². The van der Waals surface area contributed by atoms with Gasteiger partial charge in [0.25, 0.3) is 0 Å². The SMILES string of the molecule is Cc1cc(C)nc(Nc2cccc([C@H]3CCCN3S(=O)(=O)Cc3ccccc3)n2)n1. The molecule has 1 aliphatic heterocycles. The van der Waals surface area contributed by atoms with Gasteiger partial charge in [0.05, 0.1) is 17.5 Å². The number of anilines is 2. The standard InChI is InChI=1S/C22H25N5O2S/c1-16-14-17(2)24-22(23-16)26-21-12-6-10-19(25-21)20-11-7-13-27(20)30(28,29)15-18-8-4-3-5-9-18/h3-6,8-10,12,14,20H,7,11,13,15H2,1-2H3,(H,23,24,25,26)/t20-/m1/s1. The highest BCUT2D eigenvalue weighted by molar-refractivity contribution is 7.88. The monoisotopic (exact) mass is 423 g/mol. The summed E-state index contributed by atoms with van der Waals surface area (Å²) in [7, 11) is -3.45.